The highest BCUT2D eigenvalue weighted by atomic mass is 16.5. The number of morpholine rings is 1. The molecular weight excluding hydrogens is 294 g/mol. The molecule has 0 bridgehead atoms. The highest BCUT2D eigenvalue weighted by Gasteiger charge is 2.17. The molecule has 0 saturated carbocycles. The minimum atomic E-state index is -0.0505. The second kappa shape index (κ2) is 8.64. The topological polar surface area (TPSA) is 79.5 Å². The molecule has 0 spiro atoms. The van der Waals surface area contributed by atoms with Gasteiger partial charge in [-0.1, -0.05) is 26.0 Å². The Labute approximate surface area is 137 Å². The number of benzene rings is 1. The maximum atomic E-state index is 11.9. The predicted molar refractivity (Wildman–Crippen MR) is 89.0 cm³/mol. The number of nitrogens with one attached hydrogen (secondary N) is 3. The largest absolute Gasteiger partial charge is 0.375 e. The van der Waals surface area contributed by atoms with Crippen LogP contribution in [0, 0.1) is 5.92 Å². The van der Waals surface area contributed by atoms with Gasteiger partial charge in [0, 0.05) is 31.2 Å². The molecule has 1 fully saturated rings. The Bertz CT molecular complexity index is 522. The molecule has 6 nitrogen and oxygen atoms in total. The van der Waals surface area contributed by atoms with Crippen LogP contribution in [0.3, 0.4) is 0 Å². The van der Waals surface area contributed by atoms with Crippen LogP contribution in [0.2, 0.25) is 0 Å². The lowest BCUT2D eigenvalue weighted by atomic mass is 10.1. The molecule has 2 rings (SSSR count). The monoisotopic (exact) mass is 319 g/mol. The number of carbonyl (C=O) groups excluding carboxylic acids is 2. The lowest BCUT2D eigenvalue weighted by Crippen LogP contribution is -2.41. The van der Waals surface area contributed by atoms with Crippen molar-refractivity contribution >= 4 is 17.5 Å². The van der Waals surface area contributed by atoms with Crippen LogP contribution < -0.4 is 16.0 Å². The van der Waals surface area contributed by atoms with Crippen LogP contribution in [-0.4, -0.2) is 37.6 Å². The van der Waals surface area contributed by atoms with Crippen LogP contribution in [0.25, 0.3) is 0 Å². The van der Waals surface area contributed by atoms with Crippen molar-refractivity contribution in [2.45, 2.75) is 32.9 Å². The molecule has 1 atom stereocenters. The molecule has 1 aliphatic rings. The normalized spacial score (nSPS) is 17.8. The first-order valence-electron chi connectivity index (χ1n) is 8.03. The molecule has 1 aliphatic heterocycles. The van der Waals surface area contributed by atoms with Crippen LogP contribution in [0.5, 0.6) is 0 Å². The van der Waals surface area contributed by atoms with Crippen molar-refractivity contribution in [1.29, 1.82) is 0 Å². The Kier molecular flexibility index (Phi) is 6.55. The zero-order valence-electron chi connectivity index (χ0n) is 13.7. The van der Waals surface area contributed by atoms with Crippen LogP contribution in [-0.2, 0) is 20.9 Å². The van der Waals surface area contributed by atoms with E-state index in [-0.39, 0.29) is 23.8 Å². The van der Waals surface area contributed by atoms with Crippen LogP contribution in [0.15, 0.2) is 24.3 Å². The molecule has 0 aliphatic carbocycles. The summed E-state index contributed by atoms with van der Waals surface area (Å²) in [5.74, 6) is -0.0755. The lowest BCUT2D eigenvalue weighted by Gasteiger charge is -2.23. The van der Waals surface area contributed by atoms with Gasteiger partial charge in [-0.25, -0.2) is 0 Å². The average molecular weight is 319 g/mol. The van der Waals surface area contributed by atoms with E-state index < -0.39 is 0 Å². The summed E-state index contributed by atoms with van der Waals surface area (Å²) in [6.45, 7) is 6.39. The quantitative estimate of drug-likeness (QED) is 0.738. The first-order chi connectivity index (χ1) is 11.0. The SMILES string of the molecule is CC(C)C(=O)Nc1ccc(CNC(=O)CC2CNCCO2)cc1. The van der Waals surface area contributed by atoms with Gasteiger partial charge in [0.05, 0.1) is 19.1 Å². The first kappa shape index (κ1) is 17.4. The minimum Gasteiger partial charge on any atom is -0.375 e. The molecule has 126 valence electrons. The summed E-state index contributed by atoms with van der Waals surface area (Å²) in [5, 5.41) is 8.93. The van der Waals surface area contributed by atoms with Gasteiger partial charge < -0.3 is 20.7 Å². The summed E-state index contributed by atoms with van der Waals surface area (Å²) < 4.78 is 5.51. The van der Waals surface area contributed by atoms with E-state index >= 15 is 0 Å². The third kappa shape index (κ3) is 6.00. The van der Waals surface area contributed by atoms with E-state index in [9.17, 15) is 9.59 Å². The van der Waals surface area contributed by atoms with Crippen molar-refractivity contribution in [3.63, 3.8) is 0 Å². The highest BCUT2D eigenvalue weighted by molar-refractivity contribution is 5.92. The zero-order chi connectivity index (χ0) is 16.7. The fourth-order valence-corrected chi connectivity index (χ4v) is 2.22. The van der Waals surface area contributed by atoms with E-state index in [0.29, 0.717) is 19.6 Å². The van der Waals surface area contributed by atoms with Crippen LogP contribution in [0.1, 0.15) is 25.8 Å². The van der Waals surface area contributed by atoms with Crippen molar-refractivity contribution < 1.29 is 14.3 Å². The third-order valence-corrected chi connectivity index (χ3v) is 3.65. The average Bonchev–Trinajstić information content (AvgIpc) is 2.55. The third-order valence-electron chi connectivity index (χ3n) is 3.65. The number of rotatable bonds is 6. The number of carbonyl (C=O) groups is 2. The molecule has 1 aromatic carbocycles. The lowest BCUT2D eigenvalue weighted by molar-refractivity contribution is -0.124. The maximum absolute atomic E-state index is 11.9. The van der Waals surface area contributed by atoms with Crippen molar-refractivity contribution in [3.8, 4) is 0 Å². The molecule has 3 N–H and O–H groups in total. The Morgan fingerprint density at radius 3 is 2.65 bits per heavy atom. The van der Waals surface area contributed by atoms with Crippen LogP contribution >= 0.6 is 0 Å². The molecule has 23 heavy (non-hydrogen) atoms. The number of hydrogen-bond donors (Lipinski definition) is 3. The summed E-state index contributed by atoms with van der Waals surface area (Å²) in [5.41, 5.74) is 1.75. The molecule has 1 saturated heterocycles. The molecule has 2 amide bonds. The van der Waals surface area contributed by atoms with E-state index in [2.05, 4.69) is 16.0 Å². The zero-order valence-corrected chi connectivity index (χ0v) is 13.7. The van der Waals surface area contributed by atoms with Gasteiger partial charge in [-0.05, 0) is 17.7 Å². The summed E-state index contributed by atoms with van der Waals surface area (Å²) in [6.07, 6.45) is 0.326. The summed E-state index contributed by atoms with van der Waals surface area (Å²) in [4.78, 5) is 23.5. The second-order valence-corrected chi connectivity index (χ2v) is 6.02. The van der Waals surface area contributed by atoms with Gasteiger partial charge >= 0.3 is 0 Å². The minimum absolute atomic E-state index is 0.00727. The Balaban J connectivity index is 1.74. The van der Waals surface area contributed by atoms with Gasteiger partial charge in [-0.3, -0.25) is 9.59 Å². The summed E-state index contributed by atoms with van der Waals surface area (Å²) >= 11 is 0. The van der Waals surface area contributed by atoms with Gasteiger partial charge in [0.1, 0.15) is 0 Å². The highest BCUT2D eigenvalue weighted by Crippen LogP contribution is 2.11. The fraction of sp³-hybridized carbons (Fsp3) is 0.529. The standard InChI is InChI=1S/C17H25N3O3/c1-12(2)17(22)20-14-5-3-13(4-6-14)10-19-16(21)9-15-11-18-7-8-23-15/h3-6,12,15,18H,7-11H2,1-2H3,(H,19,21)(H,20,22). The smallest absolute Gasteiger partial charge is 0.226 e. The predicted octanol–water partition coefficient (Wildman–Crippen LogP) is 1.28. The molecular formula is C17H25N3O3. The number of hydrogen-bond acceptors (Lipinski definition) is 4. The molecule has 1 aromatic rings. The number of anilines is 1. The molecule has 1 unspecified atom stereocenters. The number of amides is 2. The van der Waals surface area contributed by atoms with E-state index in [1.165, 1.54) is 0 Å². The van der Waals surface area contributed by atoms with E-state index in [4.69, 9.17) is 4.74 Å². The molecule has 0 radical (unpaired) electrons. The maximum Gasteiger partial charge on any atom is 0.226 e. The summed E-state index contributed by atoms with van der Waals surface area (Å²) in [6, 6.07) is 7.48. The van der Waals surface area contributed by atoms with Crippen molar-refractivity contribution in [2.75, 3.05) is 25.0 Å². The molecule has 1 heterocycles. The Morgan fingerprint density at radius 2 is 2.04 bits per heavy atom. The Hall–Kier alpha value is -1.92. The Morgan fingerprint density at radius 1 is 1.30 bits per heavy atom. The van der Waals surface area contributed by atoms with Crippen LogP contribution in [0.4, 0.5) is 5.69 Å². The first-order valence-corrected chi connectivity index (χ1v) is 8.03. The van der Waals surface area contributed by atoms with Crippen molar-refractivity contribution in [2.24, 2.45) is 5.92 Å². The molecule has 0 aromatic heterocycles. The van der Waals surface area contributed by atoms with Crippen molar-refractivity contribution in [3.05, 3.63) is 29.8 Å². The van der Waals surface area contributed by atoms with Crippen molar-refractivity contribution in [1.82, 2.24) is 10.6 Å². The number of ether oxygens (including phenoxy) is 1. The second-order valence-electron chi connectivity index (χ2n) is 6.02. The van der Waals surface area contributed by atoms with E-state index in [0.717, 1.165) is 24.3 Å². The summed E-state index contributed by atoms with van der Waals surface area (Å²) in [7, 11) is 0. The fourth-order valence-electron chi connectivity index (χ4n) is 2.22. The van der Waals surface area contributed by atoms with Gasteiger partial charge in [-0.15, -0.1) is 0 Å². The van der Waals surface area contributed by atoms with Gasteiger partial charge in [0.2, 0.25) is 11.8 Å². The van der Waals surface area contributed by atoms with E-state index in [1.807, 2.05) is 38.1 Å². The van der Waals surface area contributed by atoms with Gasteiger partial charge in [0.25, 0.3) is 0 Å². The van der Waals surface area contributed by atoms with E-state index in [1.54, 1.807) is 0 Å². The molecule has 6 heteroatoms. The van der Waals surface area contributed by atoms with Gasteiger partial charge in [0.15, 0.2) is 0 Å². The van der Waals surface area contributed by atoms with Gasteiger partial charge in [-0.2, -0.15) is 0 Å².